The average molecular weight is 504 g/mol. The Kier molecular flexibility index (Phi) is 9.22. The molecule has 2 heterocycles. The highest BCUT2D eigenvalue weighted by molar-refractivity contribution is 7.18. The highest BCUT2D eigenvalue weighted by Gasteiger charge is 2.37. The quantitative estimate of drug-likeness (QED) is 0.357. The molecule has 0 radical (unpaired) electrons. The van der Waals surface area contributed by atoms with Crippen LogP contribution < -0.4 is 0 Å². The Labute approximate surface area is 211 Å². The van der Waals surface area contributed by atoms with Crippen LogP contribution in [-0.2, 0) is 21.0 Å². The van der Waals surface area contributed by atoms with Crippen molar-refractivity contribution in [2.75, 3.05) is 0 Å². The molecule has 0 fully saturated rings. The van der Waals surface area contributed by atoms with Crippen molar-refractivity contribution < 1.29 is 23.8 Å². The Morgan fingerprint density at radius 2 is 1.97 bits per heavy atom. The summed E-state index contributed by atoms with van der Waals surface area (Å²) in [5.41, 5.74) is 1.98. The molecule has 5 nitrogen and oxygen atoms in total. The monoisotopic (exact) mass is 503 g/mol. The molecular weight excluding hydrogens is 465 g/mol. The highest BCUT2D eigenvalue weighted by atomic mass is 32.1. The van der Waals surface area contributed by atoms with Crippen molar-refractivity contribution in [1.82, 2.24) is 4.98 Å². The number of alkyl halides is 1. The van der Waals surface area contributed by atoms with E-state index < -0.39 is 30.2 Å². The van der Waals surface area contributed by atoms with E-state index in [0.29, 0.717) is 23.4 Å². The van der Waals surface area contributed by atoms with Crippen LogP contribution in [-0.4, -0.2) is 27.9 Å². The maximum absolute atomic E-state index is 13.2. The van der Waals surface area contributed by atoms with E-state index in [0.717, 1.165) is 29.5 Å². The van der Waals surface area contributed by atoms with Crippen LogP contribution in [0.1, 0.15) is 89.8 Å². The number of hydrogen-bond donors (Lipinski definition) is 1. The number of rotatable bonds is 2. The van der Waals surface area contributed by atoms with Crippen LogP contribution in [0.4, 0.5) is 4.39 Å². The normalized spacial score (nSPS) is 28.9. The Morgan fingerprint density at radius 3 is 2.69 bits per heavy atom. The third-order valence-electron chi connectivity index (χ3n) is 7.26. The first-order chi connectivity index (χ1) is 16.5. The lowest BCUT2D eigenvalue weighted by Gasteiger charge is -2.31. The molecule has 1 unspecified atom stereocenters. The Hall–Kier alpha value is -2.12. The van der Waals surface area contributed by atoms with Crippen molar-refractivity contribution in [2.24, 2.45) is 17.3 Å². The van der Waals surface area contributed by atoms with Crippen LogP contribution in [0.3, 0.4) is 0 Å². The summed E-state index contributed by atoms with van der Waals surface area (Å²) in [7, 11) is 0. The van der Waals surface area contributed by atoms with Gasteiger partial charge in [-0.15, -0.1) is 11.3 Å². The molecule has 35 heavy (non-hydrogen) atoms. The molecule has 0 amide bonds. The summed E-state index contributed by atoms with van der Waals surface area (Å²) in [6.45, 7) is 8.92. The van der Waals surface area contributed by atoms with Gasteiger partial charge in [0.25, 0.3) is 0 Å². The zero-order chi connectivity index (χ0) is 25.8. The number of ketones is 1. The minimum Gasteiger partial charge on any atom is -0.457 e. The number of carbonyl (C=O) groups is 2. The van der Waals surface area contributed by atoms with Crippen LogP contribution in [0, 0.1) is 17.3 Å². The fourth-order valence-corrected chi connectivity index (χ4v) is 5.60. The lowest BCUT2D eigenvalue weighted by molar-refractivity contribution is -0.150. The largest absolute Gasteiger partial charge is 0.457 e. The minimum atomic E-state index is -0.746. The molecule has 4 atom stereocenters. The molecule has 0 saturated carbocycles. The van der Waals surface area contributed by atoms with Crippen LogP contribution in [0.2, 0.25) is 0 Å². The van der Waals surface area contributed by atoms with Gasteiger partial charge < -0.3 is 9.84 Å². The molecule has 1 aliphatic heterocycles. The molecule has 1 aliphatic rings. The fraction of sp³-hybridized carbons (Fsp3) is 0.607. The van der Waals surface area contributed by atoms with E-state index in [2.05, 4.69) is 18.0 Å². The number of Topliss-reactive ketones (excluding diaryl/α,β-unsaturated/α-hetero) is 1. The molecule has 192 valence electrons. The fourth-order valence-electron chi connectivity index (χ4n) is 4.81. The van der Waals surface area contributed by atoms with Crippen LogP contribution in [0.15, 0.2) is 29.8 Å². The number of carbonyl (C=O) groups excluding carboxylic acids is 2. The predicted molar refractivity (Wildman–Crippen MR) is 138 cm³/mol. The second kappa shape index (κ2) is 11.7. The van der Waals surface area contributed by atoms with Crippen molar-refractivity contribution in [2.45, 2.75) is 92.0 Å². The van der Waals surface area contributed by atoms with E-state index in [9.17, 15) is 19.1 Å². The van der Waals surface area contributed by atoms with E-state index in [-0.39, 0.29) is 24.1 Å². The van der Waals surface area contributed by atoms with Gasteiger partial charge in [0.1, 0.15) is 23.6 Å². The van der Waals surface area contributed by atoms with Crippen LogP contribution in [0.25, 0.3) is 10.2 Å². The molecule has 0 spiro atoms. The van der Waals surface area contributed by atoms with Gasteiger partial charge in [0, 0.05) is 24.2 Å². The number of benzene rings is 1. The molecule has 1 aromatic heterocycles. The average Bonchev–Trinajstić information content (AvgIpc) is 3.25. The van der Waals surface area contributed by atoms with E-state index in [4.69, 9.17) is 4.74 Å². The topological polar surface area (TPSA) is 76.5 Å². The second-order valence-corrected chi connectivity index (χ2v) is 11.7. The number of aliphatic hydroxyl groups excluding tert-OH is 1. The summed E-state index contributed by atoms with van der Waals surface area (Å²) in [4.78, 5) is 30.4. The second-order valence-electron chi connectivity index (χ2n) is 10.6. The van der Waals surface area contributed by atoms with Gasteiger partial charge in [-0.3, -0.25) is 9.59 Å². The van der Waals surface area contributed by atoms with E-state index in [1.165, 1.54) is 16.9 Å². The number of cyclic esters (lactones) is 1. The van der Waals surface area contributed by atoms with Crippen LogP contribution in [0.5, 0.6) is 0 Å². The Morgan fingerprint density at radius 1 is 1.23 bits per heavy atom. The molecule has 1 N–H and O–H groups in total. The van der Waals surface area contributed by atoms with E-state index in [1.54, 1.807) is 6.92 Å². The Balaban J connectivity index is 1.87. The van der Waals surface area contributed by atoms with Gasteiger partial charge >= 0.3 is 5.97 Å². The first kappa shape index (κ1) is 27.5. The number of ether oxygens (including phenoxy) is 1. The van der Waals surface area contributed by atoms with Crippen molar-refractivity contribution >= 4 is 33.3 Å². The van der Waals surface area contributed by atoms with Crippen LogP contribution >= 0.6 is 11.3 Å². The van der Waals surface area contributed by atoms with Gasteiger partial charge in [-0.25, -0.2) is 9.37 Å². The zero-order valence-corrected chi connectivity index (χ0v) is 22.3. The summed E-state index contributed by atoms with van der Waals surface area (Å²) in [6, 6.07) is 5.70. The number of hydrogen-bond acceptors (Lipinski definition) is 6. The molecule has 7 heteroatoms. The molecule has 1 aromatic carbocycles. The van der Waals surface area contributed by atoms with E-state index >= 15 is 0 Å². The standard InChI is InChI=1S/C28H38FNO4S/c1-17-7-6-8-18(2)26(32)19(3)27(33)28(4,5)14-13-25(31)34-22(11-9-17)20-10-12-23-21(15-20)30-24(16-29)35-23/h9-10,12,15,18-19,22,26,32H,6-8,11,13-14,16H2,1-5H3/b17-9-/t18-,19+,22?,26-/m0/s1. The maximum atomic E-state index is 13.2. The summed E-state index contributed by atoms with van der Waals surface area (Å²) < 4.78 is 19.9. The van der Waals surface area contributed by atoms with Crippen molar-refractivity contribution in [1.29, 1.82) is 0 Å². The molecule has 0 aliphatic carbocycles. The third kappa shape index (κ3) is 6.98. The zero-order valence-electron chi connectivity index (χ0n) is 21.5. The number of allylic oxidation sites excluding steroid dienone is 1. The summed E-state index contributed by atoms with van der Waals surface area (Å²) in [5, 5.41) is 11.2. The van der Waals surface area contributed by atoms with Gasteiger partial charge in [-0.1, -0.05) is 45.4 Å². The van der Waals surface area contributed by atoms with Crippen molar-refractivity contribution in [3.05, 3.63) is 40.4 Å². The number of esters is 1. The van der Waals surface area contributed by atoms with Crippen molar-refractivity contribution in [3.63, 3.8) is 0 Å². The molecule has 0 saturated heterocycles. The van der Waals surface area contributed by atoms with Crippen molar-refractivity contribution in [3.8, 4) is 0 Å². The molecule has 2 aromatic rings. The van der Waals surface area contributed by atoms with E-state index in [1.807, 2.05) is 39.0 Å². The number of aliphatic hydroxyl groups is 1. The van der Waals surface area contributed by atoms with Gasteiger partial charge in [0.05, 0.1) is 16.3 Å². The van der Waals surface area contributed by atoms with Gasteiger partial charge in [0.15, 0.2) is 0 Å². The number of fused-ring (bicyclic) bond motifs is 1. The third-order valence-corrected chi connectivity index (χ3v) is 8.26. The van der Waals surface area contributed by atoms with Gasteiger partial charge in [-0.2, -0.15) is 0 Å². The molecular formula is C28H38FNO4S. The predicted octanol–water partition coefficient (Wildman–Crippen LogP) is 6.88. The number of thiazole rings is 1. The highest BCUT2D eigenvalue weighted by Crippen LogP contribution is 2.34. The first-order valence-electron chi connectivity index (χ1n) is 12.5. The lowest BCUT2D eigenvalue weighted by atomic mass is 9.74. The lowest BCUT2D eigenvalue weighted by Crippen LogP contribution is -2.39. The van der Waals surface area contributed by atoms with Gasteiger partial charge in [0.2, 0.25) is 0 Å². The summed E-state index contributed by atoms with van der Waals surface area (Å²) in [6.07, 6.45) is 4.53. The number of aromatic nitrogens is 1. The minimum absolute atomic E-state index is 0.0159. The first-order valence-corrected chi connectivity index (χ1v) is 13.4. The smallest absolute Gasteiger partial charge is 0.306 e. The number of nitrogens with zero attached hydrogens (tertiary/aromatic N) is 1. The summed E-state index contributed by atoms with van der Waals surface area (Å²) >= 11 is 1.32. The molecule has 0 bridgehead atoms. The summed E-state index contributed by atoms with van der Waals surface area (Å²) in [5.74, 6) is -0.866. The Bertz CT molecular complexity index is 1080. The SMILES string of the molecule is C/C1=C/CC(c2ccc3sc(CF)nc3c2)OC(=O)CCC(C)(C)C(=O)[C@H](C)[C@@H](O)[C@@H](C)CCC1. The molecule has 3 rings (SSSR count). The maximum Gasteiger partial charge on any atom is 0.306 e. The van der Waals surface area contributed by atoms with Gasteiger partial charge in [-0.05, 0) is 56.2 Å². The number of halogens is 1.